The van der Waals surface area contributed by atoms with Crippen molar-refractivity contribution in [3.63, 3.8) is 0 Å². The van der Waals surface area contributed by atoms with Crippen LogP contribution in [-0.4, -0.2) is 20.3 Å². The number of aromatic nitrogens is 4. The number of nitrogens with one attached hydrogen (secondary N) is 1. The summed E-state index contributed by atoms with van der Waals surface area (Å²) in [6.45, 7) is 0. The predicted octanol–water partition coefficient (Wildman–Crippen LogP) is 1.47. The van der Waals surface area contributed by atoms with Gasteiger partial charge in [-0.05, 0) is 16.4 Å². The number of halogens is 2. The number of nitrogens with two attached hydrogens (primary N) is 1. The summed E-state index contributed by atoms with van der Waals surface area (Å²) < 4.78 is 30.8. The van der Waals surface area contributed by atoms with Crippen LogP contribution in [0, 0.1) is 11.6 Å². The summed E-state index contributed by atoms with van der Waals surface area (Å²) in [6.07, 6.45) is 0. The zero-order chi connectivity index (χ0) is 12.0. The molecule has 17 heavy (non-hydrogen) atoms. The van der Waals surface area contributed by atoms with E-state index < -0.39 is 11.6 Å². The lowest BCUT2D eigenvalue weighted by Gasteiger charge is -1.90. The van der Waals surface area contributed by atoms with Gasteiger partial charge in [0.15, 0.2) is 23.2 Å². The van der Waals surface area contributed by atoms with Crippen molar-refractivity contribution >= 4 is 16.9 Å². The molecular weight excluding hydrogens is 232 g/mol. The minimum Gasteiger partial charge on any atom is -0.379 e. The zero-order valence-electron chi connectivity index (χ0n) is 8.24. The van der Waals surface area contributed by atoms with Gasteiger partial charge in [0.25, 0.3) is 0 Å². The Morgan fingerprint density at radius 2 is 2.06 bits per heavy atom. The fraction of sp³-hybridized carbons (Fsp3) is 0. The highest BCUT2D eigenvalue weighted by molar-refractivity contribution is 5.80. The van der Waals surface area contributed by atoms with Gasteiger partial charge in [-0.2, -0.15) is 0 Å². The average Bonchev–Trinajstić information content (AvgIpc) is 2.83. The lowest BCUT2D eigenvalue weighted by atomic mass is 10.3. The van der Waals surface area contributed by atoms with Crippen LogP contribution in [0.25, 0.3) is 22.6 Å². The fourth-order valence-electron chi connectivity index (χ4n) is 1.51. The van der Waals surface area contributed by atoms with Crippen LogP contribution in [0.3, 0.4) is 0 Å². The lowest BCUT2D eigenvalue weighted by molar-refractivity contribution is 0.310. The van der Waals surface area contributed by atoms with Crippen molar-refractivity contribution in [2.24, 2.45) is 0 Å². The zero-order valence-corrected chi connectivity index (χ0v) is 8.24. The van der Waals surface area contributed by atoms with Crippen LogP contribution >= 0.6 is 0 Å². The van der Waals surface area contributed by atoms with Gasteiger partial charge >= 0.3 is 0 Å². The first-order valence-corrected chi connectivity index (χ1v) is 4.58. The second kappa shape index (κ2) is 3.24. The van der Waals surface area contributed by atoms with Gasteiger partial charge in [0.1, 0.15) is 11.3 Å². The highest BCUT2D eigenvalue weighted by Crippen LogP contribution is 2.24. The van der Waals surface area contributed by atoms with Gasteiger partial charge in [-0.25, -0.2) is 18.4 Å². The number of fused-ring (bicyclic) bond motifs is 1. The molecule has 0 saturated carbocycles. The number of hydrogen-bond acceptors (Lipinski definition) is 5. The maximum atomic E-state index is 13.4. The van der Waals surface area contributed by atoms with Crippen molar-refractivity contribution in [1.82, 2.24) is 20.3 Å². The van der Waals surface area contributed by atoms with E-state index >= 15 is 0 Å². The van der Waals surface area contributed by atoms with Gasteiger partial charge in [0, 0.05) is 6.07 Å². The number of anilines is 1. The third-order valence-corrected chi connectivity index (χ3v) is 2.24. The summed E-state index contributed by atoms with van der Waals surface area (Å²) in [4.78, 5) is 6.60. The van der Waals surface area contributed by atoms with Crippen LogP contribution in [0.4, 0.5) is 14.6 Å². The van der Waals surface area contributed by atoms with Crippen molar-refractivity contribution in [3.8, 4) is 11.5 Å². The molecule has 86 valence electrons. The number of nitrogen functional groups attached to an aromatic ring is 1. The molecule has 0 unspecified atom stereocenters. The molecule has 0 radical (unpaired) electrons. The van der Waals surface area contributed by atoms with Crippen LogP contribution in [0.2, 0.25) is 0 Å². The number of H-pyrrole nitrogens is 1. The lowest BCUT2D eigenvalue weighted by Crippen LogP contribution is -1.89. The fourth-order valence-corrected chi connectivity index (χ4v) is 1.51. The molecule has 3 rings (SSSR count). The minimum absolute atomic E-state index is 0.00352. The first-order chi connectivity index (χ1) is 8.15. The molecule has 0 amide bonds. The van der Waals surface area contributed by atoms with E-state index in [-0.39, 0.29) is 28.4 Å². The number of hydrogen-bond donors (Lipinski definition) is 2. The highest BCUT2D eigenvalue weighted by atomic mass is 19.1. The van der Waals surface area contributed by atoms with Crippen molar-refractivity contribution < 1.29 is 13.4 Å². The van der Waals surface area contributed by atoms with E-state index in [0.717, 1.165) is 12.1 Å². The second-order valence-corrected chi connectivity index (χ2v) is 3.37. The van der Waals surface area contributed by atoms with Crippen LogP contribution < -0.4 is 5.73 Å². The van der Waals surface area contributed by atoms with E-state index in [9.17, 15) is 8.78 Å². The summed E-state index contributed by atoms with van der Waals surface area (Å²) in [5, 5.41) is 6.88. The summed E-state index contributed by atoms with van der Waals surface area (Å²) in [7, 11) is 0. The molecular formula is C9H5F2N5O. The molecule has 3 N–H and O–H groups in total. The Morgan fingerprint density at radius 3 is 2.76 bits per heavy atom. The van der Waals surface area contributed by atoms with E-state index in [1.54, 1.807) is 0 Å². The standard InChI is InChI=1S/C9H5F2N5O/c10-3-1-4(11)6-5(2-3)13-9(14-6)7-8(12)16-17-15-7/h1-2H,(H2,12,16)(H,13,14). The van der Waals surface area contributed by atoms with Crippen LogP contribution in [-0.2, 0) is 0 Å². The molecule has 8 heteroatoms. The normalized spacial score (nSPS) is 11.2. The largest absolute Gasteiger partial charge is 0.379 e. The molecule has 3 aromatic rings. The maximum Gasteiger partial charge on any atom is 0.199 e. The Kier molecular flexibility index (Phi) is 1.85. The molecule has 6 nitrogen and oxygen atoms in total. The van der Waals surface area contributed by atoms with E-state index in [1.165, 1.54) is 0 Å². The highest BCUT2D eigenvalue weighted by Gasteiger charge is 2.16. The number of aromatic amines is 1. The maximum absolute atomic E-state index is 13.4. The monoisotopic (exact) mass is 237 g/mol. The quantitative estimate of drug-likeness (QED) is 0.668. The summed E-state index contributed by atoms with van der Waals surface area (Å²) >= 11 is 0. The Morgan fingerprint density at radius 1 is 1.24 bits per heavy atom. The number of nitrogens with zero attached hydrogens (tertiary/aromatic N) is 3. The topological polar surface area (TPSA) is 93.6 Å². The van der Waals surface area contributed by atoms with E-state index in [1.807, 2.05) is 0 Å². The van der Waals surface area contributed by atoms with E-state index in [0.29, 0.717) is 0 Å². The predicted molar refractivity (Wildman–Crippen MR) is 53.7 cm³/mol. The first kappa shape index (κ1) is 9.70. The van der Waals surface area contributed by atoms with Crippen molar-refractivity contribution in [2.75, 3.05) is 5.73 Å². The molecule has 0 saturated heterocycles. The Labute approximate surface area is 92.4 Å². The summed E-state index contributed by atoms with van der Waals surface area (Å²) in [5.74, 6) is -1.28. The van der Waals surface area contributed by atoms with Gasteiger partial charge in [-0.1, -0.05) is 0 Å². The SMILES string of the molecule is Nc1nonc1-c1nc2c(F)cc(F)cc2[nH]1. The Hall–Kier alpha value is -2.51. The van der Waals surface area contributed by atoms with Crippen molar-refractivity contribution in [2.45, 2.75) is 0 Å². The molecule has 0 spiro atoms. The molecule has 0 fully saturated rings. The second-order valence-electron chi connectivity index (χ2n) is 3.37. The summed E-state index contributed by atoms with van der Waals surface area (Å²) in [6, 6.07) is 1.87. The molecule has 1 aromatic carbocycles. The van der Waals surface area contributed by atoms with Crippen LogP contribution in [0.15, 0.2) is 16.8 Å². The minimum atomic E-state index is -0.766. The number of benzene rings is 1. The summed E-state index contributed by atoms with van der Waals surface area (Å²) in [5.41, 5.74) is 5.83. The van der Waals surface area contributed by atoms with Gasteiger partial charge in [0.2, 0.25) is 0 Å². The molecule has 2 aromatic heterocycles. The third-order valence-electron chi connectivity index (χ3n) is 2.24. The average molecular weight is 237 g/mol. The van der Waals surface area contributed by atoms with Gasteiger partial charge < -0.3 is 10.7 Å². The van der Waals surface area contributed by atoms with Crippen LogP contribution in [0.1, 0.15) is 0 Å². The smallest absolute Gasteiger partial charge is 0.199 e. The van der Waals surface area contributed by atoms with Crippen molar-refractivity contribution in [3.05, 3.63) is 23.8 Å². The molecule has 2 heterocycles. The van der Waals surface area contributed by atoms with Crippen molar-refractivity contribution in [1.29, 1.82) is 0 Å². The first-order valence-electron chi connectivity index (χ1n) is 4.58. The van der Waals surface area contributed by atoms with Gasteiger partial charge in [-0.3, -0.25) is 0 Å². The molecule has 0 atom stereocenters. The van der Waals surface area contributed by atoms with Crippen LogP contribution in [0.5, 0.6) is 0 Å². The number of imidazole rings is 1. The van der Waals surface area contributed by atoms with E-state index in [2.05, 4.69) is 24.9 Å². The van der Waals surface area contributed by atoms with Gasteiger partial charge in [-0.15, -0.1) is 0 Å². The Balaban J connectivity index is 2.27. The molecule has 0 bridgehead atoms. The van der Waals surface area contributed by atoms with E-state index in [4.69, 9.17) is 5.73 Å². The number of rotatable bonds is 1. The molecule has 0 aliphatic heterocycles. The van der Waals surface area contributed by atoms with Gasteiger partial charge in [0.05, 0.1) is 5.52 Å². The Bertz CT molecular complexity index is 705. The third kappa shape index (κ3) is 1.41. The molecule has 0 aliphatic carbocycles. The molecule has 0 aliphatic rings.